The molecule has 1 aliphatic heterocycles. The summed E-state index contributed by atoms with van der Waals surface area (Å²) in [5.74, 6) is -1.14. The van der Waals surface area contributed by atoms with E-state index in [4.69, 9.17) is 5.73 Å². The third-order valence-electron chi connectivity index (χ3n) is 3.78. The fourth-order valence-corrected chi connectivity index (χ4v) is 2.38. The lowest BCUT2D eigenvalue weighted by atomic mass is 10.1. The number of nitrogens with two attached hydrogens (primary N) is 1. The molecule has 2 amide bonds. The normalized spacial score (nSPS) is 15.9. The van der Waals surface area contributed by atoms with E-state index in [1.165, 1.54) is 6.07 Å². The van der Waals surface area contributed by atoms with Crippen molar-refractivity contribution in [2.24, 2.45) is 0 Å². The van der Waals surface area contributed by atoms with Crippen molar-refractivity contribution in [3.63, 3.8) is 0 Å². The number of carbonyl (C=O) groups excluding carboxylic acids is 2. The second-order valence-corrected chi connectivity index (χ2v) is 5.40. The molecule has 0 radical (unpaired) electrons. The predicted octanol–water partition coefficient (Wildman–Crippen LogP) is 1.46. The van der Waals surface area contributed by atoms with Crippen LogP contribution in [0.3, 0.4) is 0 Å². The molecule has 1 heterocycles. The van der Waals surface area contributed by atoms with Crippen molar-refractivity contribution in [2.75, 3.05) is 18.8 Å². The first-order chi connectivity index (χ1) is 9.90. The van der Waals surface area contributed by atoms with Gasteiger partial charge in [0, 0.05) is 29.9 Å². The predicted molar refractivity (Wildman–Crippen MR) is 78.3 cm³/mol. The highest BCUT2D eigenvalue weighted by molar-refractivity contribution is 5.98. The van der Waals surface area contributed by atoms with E-state index >= 15 is 0 Å². The number of anilines is 1. The summed E-state index contributed by atoms with van der Waals surface area (Å²) in [6.07, 6.45) is 1.98. The fraction of sp³-hybridized carbons (Fsp3) is 0.467. The van der Waals surface area contributed by atoms with Crippen LogP contribution in [0.15, 0.2) is 12.1 Å². The lowest BCUT2D eigenvalue weighted by Gasteiger charge is -2.21. The van der Waals surface area contributed by atoms with E-state index in [-0.39, 0.29) is 17.2 Å². The molecule has 1 saturated heterocycles. The maximum absolute atomic E-state index is 13.6. The number of nitrogens with zero attached hydrogens (tertiary/aromatic N) is 1. The third kappa shape index (κ3) is 3.32. The zero-order valence-corrected chi connectivity index (χ0v) is 12.3. The van der Waals surface area contributed by atoms with Crippen LogP contribution in [-0.4, -0.2) is 35.8 Å². The Labute approximate surface area is 123 Å². The van der Waals surface area contributed by atoms with Gasteiger partial charge in [-0.1, -0.05) is 0 Å². The molecule has 1 aromatic carbocycles. The number of halogens is 1. The topological polar surface area (TPSA) is 75.4 Å². The number of likely N-dealkylation sites (tertiary alicyclic amines) is 1. The Bertz CT molecular complexity index is 545. The van der Waals surface area contributed by atoms with E-state index in [2.05, 4.69) is 5.32 Å². The van der Waals surface area contributed by atoms with Crippen molar-refractivity contribution < 1.29 is 14.0 Å². The molecule has 2 rings (SSSR count). The number of rotatable bonds is 3. The first-order valence-electron chi connectivity index (χ1n) is 7.05. The second-order valence-electron chi connectivity index (χ2n) is 5.40. The Morgan fingerprint density at radius 2 is 1.95 bits per heavy atom. The third-order valence-corrected chi connectivity index (χ3v) is 3.78. The van der Waals surface area contributed by atoms with Gasteiger partial charge in [0.1, 0.15) is 11.9 Å². The summed E-state index contributed by atoms with van der Waals surface area (Å²) in [7, 11) is 0. The van der Waals surface area contributed by atoms with Crippen LogP contribution in [-0.2, 0) is 4.79 Å². The van der Waals surface area contributed by atoms with Crippen molar-refractivity contribution in [1.82, 2.24) is 10.2 Å². The van der Waals surface area contributed by atoms with Gasteiger partial charge in [-0.25, -0.2) is 4.39 Å². The highest BCUT2D eigenvalue weighted by Gasteiger charge is 2.25. The minimum absolute atomic E-state index is 0.110. The molecule has 114 valence electrons. The Morgan fingerprint density at radius 1 is 1.33 bits per heavy atom. The number of hydrogen-bond acceptors (Lipinski definition) is 3. The summed E-state index contributed by atoms with van der Waals surface area (Å²) in [6, 6.07) is 1.91. The van der Waals surface area contributed by atoms with Gasteiger partial charge in [-0.2, -0.15) is 0 Å². The van der Waals surface area contributed by atoms with Gasteiger partial charge < -0.3 is 16.0 Å². The molecule has 1 aromatic rings. The van der Waals surface area contributed by atoms with Crippen LogP contribution in [0.5, 0.6) is 0 Å². The SMILES string of the molecule is Cc1c(N)cc(C(=O)NC(C)C(=O)N2CCCC2)cc1F. The summed E-state index contributed by atoms with van der Waals surface area (Å²) in [5, 5.41) is 2.59. The van der Waals surface area contributed by atoms with Crippen molar-refractivity contribution in [1.29, 1.82) is 0 Å². The van der Waals surface area contributed by atoms with E-state index in [9.17, 15) is 14.0 Å². The molecule has 1 unspecified atom stereocenters. The molecule has 6 heteroatoms. The van der Waals surface area contributed by atoms with Crippen LogP contribution in [0.25, 0.3) is 0 Å². The maximum Gasteiger partial charge on any atom is 0.252 e. The molecule has 1 fully saturated rings. The first-order valence-corrected chi connectivity index (χ1v) is 7.05. The van der Waals surface area contributed by atoms with E-state index in [0.29, 0.717) is 5.56 Å². The fourth-order valence-electron chi connectivity index (χ4n) is 2.38. The molecule has 0 bridgehead atoms. The van der Waals surface area contributed by atoms with Crippen LogP contribution < -0.4 is 11.1 Å². The highest BCUT2D eigenvalue weighted by atomic mass is 19.1. The van der Waals surface area contributed by atoms with Gasteiger partial charge in [0.15, 0.2) is 0 Å². The minimum atomic E-state index is -0.638. The summed E-state index contributed by atoms with van der Waals surface area (Å²) in [4.78, 5) is 25.9. The Morgan fingerprint density at radius 3 is 2.52 bits per heavy atom. The lowest BCUT2D eigenvalue weighted by molar-refractivity contribution is -0.131. The summed E-state index contributed by atoms with van der Waals surface area (Å²) < 4.78 is 13.6. The molecule has 0 aliphatic carbocycles. The van der Waals surface area contributed by atoms with Gasteiger partial charge in [0.05, 0.1) is 0 Å². The van der Waals surface area contributed by atoms with E-state index in [0.717, 1.165) is 32.0 Å². The lowest BCUT2D eigenvalue weighted by Crippen LogP contribution is -2.46. The minimum Gasteiger partial charge on any atom is -0.398 e. The van der Waals surface area contributed by atoms with Gasteiger partial charge in [-0.3, -0.25) is 9.59 Å². The van der Waals surface area contributed by atoms with Crippen molar-refractivity contribution in [3.8, 4) is 0 Å². The molecule has 0 aromatic heterocycles. The van der Waals surface area contributed by atoms with Crippen molar-refractivity contribution in [2.45, 2.75) is 32.7 Å². The molecule has 0 saturated carbocycles. The van der Waals surface area contributed by atoms with Gasteiger partial charge in [-0.05, 0) is 38.8 Å². The van der Waals surface area contributed by atoms with Crippen LogP contribution in [0.1, 0.15) is 35.7 Å². The Balaban J connectivity index is 2.05. The van der Waals surface area contributed by atoms with E-state index in [1.807, 2.05) is 0 Å². The van der Waals surface area contributed by atoms with Gasteiger partial charge in [0.25, 0.3) is 5.91 Å². The molecule has 1 atom stereocenters. The molecular weight excluding hydrogens is 273 g/mol. The average Bonchev–Trinajstić information content (AvgIpc) is 2.97. The number of amides is 2. The van der Waals surface area contributed by atoms with Crippen molar-refractivity contribution in [3.05, 3.63) is 29.1 Å². The molecule has 21 heavy (non-hydrogen) atoms. The molecule has 5 nitrogen and oxygen atoms in total. The number of benzene rings is 1. The van der Waals surface area contributed by atoms with Gasteiger partial charge in [0.2, 0.25) is 5.91 Å². The van der Waals surface area contributed by atoms with E-state index < -0.39 is 17.8 Å². The zero-order valence-electron chi connectivity index (χ0n) is 12.3. The number of carbonyl (C=O) groups is 2. The Hall–Kier alpha value is -2.11. The summed E-state index contributed by atoms with van der Waals surface area (Å²) in [5.41, 5.74) is 6.31. The monoisotopic (exact) mass is 293 g/mol. The molecule has 3 N–H and O–H groups in total. The van der Waals surface area contributed by atoms with Gasteiger partial charge >= 0.3 is 0 Å². The van der Waals surface area contributed by atoms with Crippen LogP contribution in [0.2, 0.25) is 0 Å². The molecule has 1 aliphatic rings. The van der Waals surface area contributed by atoms with Crippen LogP contribution in [0.4, 0.5) is 10.1 Å². The largest absolute Gasteiger partial charge is 0.398 e. The average molecular weight is 293 g/mol. The van der Waals surface area contributed by atoms with Crippen molar-refractivity contribution >= 4 is 17.5 Å². The number of hydrogen-bond donors (Lipinski definition) is 2. The zero-order chi connectivity index (χ0) is 15.6. The molecular formula is C15H20FN3O2. The number of nitrogen functional groups attached to an aromatic ring is 1. The van der Waals surface area contributed by atoms with Gasteiger partial charge in [-0.15, -0.1) is 0 Å². The quantitative estimate of drug-likeness (QED) is 0.828. The maximum atomic E-state index is 13.6. The molecule has 0 spiro atoms. The van der Waals surface area contributed by atoms with Crippen LogP contribution in [0, 0.1) is 12.7 Å². The van der Waals surface area contributed by atoms with Crippen LogP contribution >= 0.6 is 0 Å². The number of nitrogens with one attached hydrogen (secondary N) is 1. The Kier molecular flexibility index (Phi) is 4.45. The summed E-state index contributed by atoms with van der Waals surface area (Å²) in [6.45, 7) is 4.63. The smallest absolute Gasteiger partial charge is 0.252 e. The summed E-state index contributed by atoms with van der Waals surface area (Å²) >= 11 is 0. The standard InChI is InChI=1S/C15H20FN3O2/c1-9-12(16)7-11(8-13(9)17)14(20)18-10(2)15(21)19-5-3-4-6-19/h7-8,10H,3-6,17H2,1-2H3,(H,18,20). The second kappa shape index (κ2) is 6.11. The highest BCUT2D eigenvalue weighted by Crippen LogP contribution is 2.17. The van der Waals surface area contributed by atoms with E-state index in [1.54, 1.807) is 18.7 Å². The first kappa shape index (κ1) is 15.3.